The van der Waals surface area contributed by atoms with Crippen LogP contribution >= 0.6 is 0 Å². The average molecular weight is 304 g/mol. The highest BCUT2D eigenvalue weighted by Gasteiger charge is 2.45. The van der Waals surface area contributed by atoms with Gasteiger partial charge in [-0.3, -0.25) is 4.79 Å². The standard InChI is InChI=1S/C20H20N2O/c1-3-15-6-5-14-13-17(23)16(4-2)19(18(14)21-15)22-11-9-20(7-8-20)10-12-22/h2-3,5-6H,1,7-13H2. The summed E-state index contributed by atoms with van der Waals surface area (Å²) >= 11 is 0. The molecule has 0 aromatic carbocycles. The second kappa shape index (κ2) is 5.09. The molecule has 1 saturated carbocycles. The van der Waals surface area contributed by atoms with Crippen molar-refractivity contribution in [2.45, 2.75) is 32.1 Å². The molecule has 3 nitrogen and oxygen atoms in total. The predicted molar refractivity (Wildman–Crippen MR) is 91.3 cm³/mol. The van der Waals surface area contributed by atoms with E-state index in [9.17, 15) is 4.79 Å². The van der Waals surface area contributed by atoms with Crippen molar-refractivity contribution >= 4 is 17.6 Å². The second-order valence-electron chi connectivity index (χ2n) is 6.90. The first-order valence-corrected chi connectivity index (χ1v) is 8.28. The summed E-state index contributed by atoms with van der Waals surface area (Å²) < 4.78 is 0. The quantitative estimate of drug-likeness (QED) is 0.787. The average Bonchev–Trinajstić information content (AvgIpc) is 3.33. The Morgan fingerprint density at radius 2 is 2.00 bits per heavy atom. The van der Waals surface area contributed by atoms with E-state index in [1.165, 1.54) is 25.7 Å². The van der Waals surface area contributed by atoms with Gasteiger partial charge in [0.05, 0.1) is 22.7 Å². The summed E-state index contributed by atoms with van der Waals surface area (Å²) in [7, 11) is 0. The highest BCUT2D eigenvalue weighted by Crippen LogP contribution is 2.54. The molecule has 1 spiro atoms. The minimum atomic E-state index is 0.0369. The number of Topliss-reactive ketones (excluding diaryl/α,β-unsaturated/α-hetero) is 1. The van der Waals surface area contributed by atoms with Crippen LogP contribution in [0.25, 0.3) is 11.8 Å². The lowest BCUT2D eigenvalue weighted by Crippen LogP contribution is -2.36. The molecule has 1 aromatic rings. The van der Waals surface area contributed by atoms with Crippen LogP contribution in [-0.4, -0.2) is 28.8 Å². The third-order valence-corrected chi connectivity index (χ3v) is 5.54. The van der Waals surface area contributed by atoms with Crippen molar-refractivity contribution in [3.63, 3.8) is 0 Å². The van der Waals surface area contributed by atoms with Gasteiger partial charge in [0.25, 0.3) is 0 Å². The van der Waals surface area contributed by atoms with E-state index in [1.807, 2.05) is 12.1 Å². The van der Waals surface area contributed by atoms with Crippen LogP contribution in [0, 0.1) is 17.8 Å². The van der Waals surface area contributed by atoms with Crippen LogP contribution in [0.3, 0.4) is 0 Å². The maximum absolute atomic E-state index is 12.5. The number of hydrogen-bond acceptors (Lipinski definition) is 3. The number of nitrogens with zero attached hydrogens (tertiary/aromatic N) is 2. The van der Waals surface area contributed by atoms with Crippen molar-refractivity contribution in [3.8, 4) is 12.3 Å². The van der Waals surface area contributed by atoms with Gasteiger partial charge in [0.15, 0.2) is 5.78 Å². The van der Waals surface area contributed by atoms with E-state index in [0.29, 0.717) is 17.4 Å². The molecule has 0 bridgehead atoms. The molecule has 1 saturated heterocycles. The summed E-state index contributed by atoms with van der Waals surface area (Å²) in [5, 5.41) is 0. The molecule has 0 N–H and O–H groups in total. The van der Waals surface area contributed by atoms with Crippen LogP contribution < -0.4 is 0 Å². The Balaban J connectivity index is 1.79. The number of hydrogen-bond donors (Lipinski definition) is 0. The largest absolute Gasteiger partial charge is 0.369 e. The molecule has 4 rings (SSSR count). The molecule has 2 heterocycles. The van der Waals surface area contributed by atoms with Gasteiger partial charge < -0.3 is 4.90 Å². The molecular weight excluding hydrogens is 284 g/mol. The van der Waals surface area contributed by atoms with Crippen molar-refractivity contribution in [1.82, 2.24) is 9.88 Å². The zero-order valence-corrected chi connectivity index (χ0v) is 13.3. The predicted octanol–water partition coefficient (Wildman–Crippen LogP) is 3.07. The van der Waals surface area contributed by atoms with E-state index in [0.717, 1.165) is 35.7 Å². The van der Waals surface area contributed by atoms with Crippen molar-refractivity contribution < 1.29 is 4.79 Å². The second-order valence-corrected chi connectivity index (χ2v) is 6.90. The molecule has 2 aliphatic carbocycles. The van der Waals surface area contributed by atoms with E-state index in [2.05, 4.69) is 17.4 Å². The number of carbonyl (C=O) groups excluding carboxylic acids is 1. The molecule has 3 heteroatoms. The SMILES string of the molecule is C#CC1=C(N2CCC3(CC2)CC3)c2nc(C=C)ccc2CC1=O. The van der Waals surface area contributed by atoms with Crippen molar-refractivity contribution in [3.05, 3.63) is 41.2 Å². The summed E-state index contributed by atoms with van der Waals surface area (Å²) in [6.07, 6.45) is 12.9. The van der Waals surface area contributed by atoms with Crippen molar-refractivity contribution in [2.75, 3.05) is 13.1 Å². The summed E-state index contributed by atoms with van der Waals surface area (Å²) in [6, 6.07) is 3.89. The molecule has 116 valence electrons. The fourth-order valence-corrected chi connectivity index (χ4v) is 3.81. The molecule has 0 amide bonds. The molecule has 0 unspecified atom stereocenters. The fourth-order valence-electron chi connectivity index (χ4n) is 3.81. The minimum absolute atomic E-state index is 0.0369. The van der Waals surface area contributed by atoms with Gasteiger partial charge in [-0.2, -0.15) is 0 Å². The zero-order chi connectivity index (χ0) is 16.0. The molecule has 23 heavy (non-hydrogen) atoms. The van der Waals surface area contributed by atoms with Crippen LogP contribution in [0.15, 0.2) is 24.3 Å². The van der Waals surface area contributed by atoms with Crippen molar-refractivity contribution in [1.29, 1.82) is 0 Å². The molecule has 0 atom stereocenters. The van der Waals surface area contributed by atoms with E-state index >= 15 is 0 Å². The lowest BCUT2D eigenvalue weighted by Gasteiger charge is -2.37. The summed E-state index contributed by atoms with van der Waals surface area (Å²) in [5.41, 5.74) is 4.63. The Morgan fingerprint density at radius 3 is 2.61 bits per heavy atom. The van der Waals surface area contributed by atoms with Crippen LogP contribution in [0.2, 0.25) is 0 Å². The zero-order valence-electron chi connectivity index (χ0n) is 13.3. The van der Waals surface area contributed by atoms with Gasteiger partial charge in [-0.1, -0.05) is 18.6 Å². The Labute approximate surface area is 137 Å². The number of terminal acetylenes is 1. The van der Waals surface area contributed by atoms with Crippen LogP contribution in [0.5, 0.6) is 0 Å². The van der Waals surface area contributed by atoms with Gasteiger partial charge in [0, 0.05) is 19.5 Å². The van der Waals surface area contributed by atoms with Gasteiger partial charge in [-0.25, -0.2) is 4.98 Å². The van der Waals surface area contributed by atoms with E-state index < -0.39 is 0 Å². The van der Waals surface area contributed by atoms with Crippen LogP contribution in [0.1, 0.15) is 42.6 Å². The monoisotopic (exact) mass is 304 g/mol. The van der Waals surface area contributed by atoms with Crippen LogP contribution in [-0.2, 0) is 11.2 Å². The van der Waals surface area contributed by atoms with E-state index in [-0.39, 0.29) is 5.78 Å². The first kappa shape index (κ1) is 14.3. The van der Waals surface area contributed by atoms with Crippen molar-refractivity contribution in [2.24, 2.45) is 5.41 Å². The smallest absolute Gasteiger partial charge is 0.177 e. The topological polar surface area (TPSA) is 33.2 Å². The molecule has 1 aromatic heterocycles. The number of carbonyl (C=O) groups is 1. The number of pyridine rings is 1. The minimum Gasteiger partial charge on any atom is -0.369 e. The van der Waals surface area contributed by atoms with Gasteiger partial charge in [-0.15, -0.1) is 6.42 Å². The lowest BCUT2D eigenvalue weighted by atomic mass is 9.88. The van der Waals surface area contributed by atoms with Gasteiger partial charge >= 0.3 is 0 Å². The Morgan fingerprint density at radius 1 is 1.26 bits per heavy atom. The number of ketones is 1. The number of likely N-dealkylation sites (tertiary alicyclic amines) is 1. The number of aromatic nitrogens is 1. The van der Waals surface area contributed by atoms with Crippen LogP contribution in [0.4, 0.5) is 0 Å². The third kappa shape index (κ3) is 2.30. The van der Waals surface area contributed by atoms with E-state index in [4.69, 9.17) is 11.4 Å². The first-order chi connectivity index (χ1) is 11.2. The number of piperidine rings is 1. The molecule has 2 fully saturated rings. The molecule has 0 radical (unpaired) electrons. The number of allylic oxidation sites excluding steroid dienone is 1. The lowest BCUT2D eigenvalue weighted by molar-refractivity contribution is -0.114. The third-order valence-electron chi connectivity index (χ3n) is 5.54. The highest BCUT2D eigenvalue weighted by molar-refractivity contribution is 6.09. The maximum Gasteiger partial charge on any atom is 0.177 e. The van der Waals surface area contributed by atoms with Gasteiger partial charge in [0.1, 0.15) is 0 Å². The number of rotatable bonds is 2. The Kier molecular flexibility index (Phi) is 3.16. The Bertz CT molecular complexity index is 767. The molecular formula is C20H20N2O. The Hall–Kier alpha value is -2.34. The van der Waals surface area contributed by atoms with E-state index in [1.54, 1.807) is 6.08 Å². The van der Waals surface area contributed by atoms with Gasteiger partial charge in [-0.05, 0) is 48.8 Å². The fraction of sp³-hybridized carbons (Fsp3) is 0.400. The summed E-state index contributed by atoms with van der Waals surface area (Å²) in [6.45, 7) is 5.73. The highest BCUT2D eigenvalue weighted by atomic mass is 16.1. The summed E-state index contributed by atoms with van der Waals surface area (Å²) in [5.74, 6) is 2.68. The van der Waals surface area contributed by atoms with Gasteiger partial charge in [0.2, 0.25) is 0 Å². The summed E-state index contributed by atoms with van der Waals surface area (Å²) in [4.78, 5) is 19.5. The normalized spacial score (nSPS) is 21.9. The molecule has 1 aliphatic heterocycles. The maximum atomic E-state index is 12.5. The number of fused-ring (bicyclic) bond motifs is 1. The first-order valence-electron chi connectivity index (χ1n) is 8.28. The molecule has 3 aliphatic rings.